The van der Waals surface area contributed by atoms with Crippen LogP contribution in [0, 0.1) is 23.2 Å². The first-order valence-electron chi connectivity index (χ1n) is 8.78. The normalized spacial score (nSPS) is 47.0. The summed E-state index contributed by atoms with van der Waals surface area (Å²) in [7, 11) is 0. The summed E-state index contributed by atoms with van der Waals surface area (Å²) >= 11 is 0. The fourth-order valence-electron chi connectivity index (χ4n) is 6.10. The van der Waals surface area contributed by atoms with E-state index in [0.29, 0.717) is 30.6 Å². The van der Waals surface area contributed by atoms with Crippen LogP contribution in [0.2, 0.25) is 0 Å². The predicted molar refractivity (Wildman–Crippen MR) is 87.2 cm³/mol. The molecule has 4 aliphatic rings. The number of carbonyl (C=O) groups excluding carboxylic acids is 1. The first kappa shape index (κ1) is 14.4. The Morgan fingerprint density at radius 3 is 2.86 bits per heavy atom. The van der Waals surface area contributed by atoms with E-state index in [-0.39, 0.29) is 11.2 Å². The van der Waals surface area contributed by atoms with E-state index < -0.39 is 5.60 Å². The van der Waals surface area contributed by atoms with Crippen LogP contribution in [0.4, 0.5) is 0 Å². The third-order valence-corrected chi connectivity index (χ3v) is 7.30. The lowest BCUT2D eigenvalue weighted by Gasteiger charge is -2.56. The van der Waals surface area contributed by atoms with Crippen LogP contribution >= 0.6 is 0 Å². The Kier molecular flexibility index (Phi) is 3.07. The van der Waals surface area contributed by atoms with Crippen LogP contribution in [-0.4, -0.2) is 16.5 Å². The third-order valence-electron chi connectivity index (χ3n) is 7.30. The van der Waals surface area contributed by atoms with Crippen LogP contribution in [0.3, 0.4) is 0 Å². The van der Waals surface area contributed by atoms with Crippen molar-refractivity contribution in [2.45, 2.75) is 57.5 Å². The largest absolute Gasteiger partial charge is 0.385 e. The van der Waals surface area contributed by atoms with Gasteiger partial charge >= 0.3 is 0 Å². The summed E-state index contributed by atoms with van der Waals surface area (Å²) in [5, 5.41) is 11.4. The molecule has 4 aliphatic carbocycles. The van der Waals surface area contributed by atoms with E-state index >= 15 is 0 Å². The molecule has 1 N–H and O–H groups in total. The molecule has 0 radical (unpaired) electrons. The number of aliphatic hydroxyl groups is 1. The molecular formula is C20H26O2. The minimum Gasteiger partial charge on any atom is -0.385 e. The summed E-state index contributed by atoms with van der Waals surface area (Å²) in [5.41, 5.74) is 2.01. The highest BCUT2D eigenvalue weighted by molar-refractivity contribution is 5.92. The molecule has 0 unspecified atom stereocenters. The standard InChI is InChI=1S/C20H26O2/c1-3-13-5-7-17-16-6-4-14-12-15(21)8-11-20(14,22)18(16)9-10-19(13,17)2/h3,5,12,16-18,22H,1,4,6-11H2,2H3/t16-,17-,18-,19+,20+/m0/s1. The Hall–Kier alpha value is -1.15. The Morgan fingerprint density at radius 1 is 1.27 bits per heavy atom. The highest BCUT2D eigenvalue weighted by Crippen LogP contribution is 2.62. The highest BCUT2D eigenvalue weighted by atomic mass is 16.3. The topological polar surface area (TPSA) is 37.3 Å². The van der Waals surface area contributed by atoms with Gasteiger partial charge in [0.25, 0.3) is 0 Å². The van der Waals surface area contributed by atoms with E-state index in [1.165, 1.54) is 5.57 Å². The molecular weight excluding hydrogens is 272 g/mol. The number of hydrogen-bond acceptors (Lipinski definition) is 2. The number of rotatable bonds is 1. The fourth-order valence-corrected chi connectivity index (χ4v) is 6.10. The number of hydrogen-bond donors (Lipinski definition) is 1. The van der Waals surface area contributed by atoms with E-state index in [1.54, 1.807) is 6.08 Å². The van der Waals surface area contributed by atoms with Crippen molar-refractivity contribution in [3.63, 3.8) is 0 Å². The lowest BCUT2D eigenvalue weighted by Crippen LogP contribution is -2.54. The van der Waals surface area contributed by atoms with Crippen LogP contribution in [0.1, 0.15) is 51.9 Å². The number of carbonyl (C=O) groups is 1. The summed E-state index contributed by atoms with van der Waals surface area (Å²) in [6, 6.07) is 0. The van der Waals surface area contributed by atoms with Gasteiger partial charge in [-0.15, -0.1) is 0 Å². The molecule has 0 aromatic rings. The van der Waals surface area contributed by atoms with Crippen molar-refractivity contribution in [2.75, 3.05) is 0 Å². The van der Waals surface area contributed by atoms with Gasteiger partial charge in [-0.3, -0.25) is 4.79 Å². The van der Waals surface area contributed by atoms with Gasteiger partial charge in [-0.1, -0.05) is 25.7 Å². The molecule has 4 rings (SSSR count). The number of allylic oxidation sites excluding steroid dienone is 4. The SMILES string of the molecule is C=CC1=CC[C@H]2[C@@H]3CCC4=CC(=O)CC[C@]4(O)[C@H]3CC[C@]12C. The molecule has 0 heterocycles. The van der Waals surface area contributed by atoms with Crippen molar-refractivity contribution >= 4 is 5.78 Å². The van der Waals surface area contributed by atoms with Crippen LogP contribution in [0.25, 0.3) is 0 Å². The molecule has 2 nitrogen and oxygen atoms in total. The maximum atomic E-state index is 11.7. The monoisotopic (exact) mass is 298 g/mol. The van der Waals surface area contributed by atoms with Crippen molar-refractivity contribution < 1.29 is 9.90 Å². The van der Waals surface area contributed by atoms with Gasteiger partial charge in [-0.2, -0.15) is 0 Å². The van der Waals surface area contributed by atoms with E-state index in [1.807, 2.05) is 6.08 Å². The average Bonchev–Trinajstić information content (AvgIpc) is 2.84. The molecule has 0 aromatic heterocycles. The molecule has 0 spiro atoms. The molecule has 2 heteroatoms. The molecule has 118 valence electrons. The van der Waals surface area contributed by atoms with Crippen molar-refractivity contribution in [1.82, 2.24) is 0 Å². The van der Waals surface area contributed by atoms with Gasteiger partial charge in [-0.05, 0) is 78.9 Å². The van der Waals surface area contributed by atoms with Crippen molar-refractivity contribution in [3.05, 3.63) is 36.0 Å². The number of fused-ring (bicyclic) bond motifs is 5. The zero-order chi connectivity index (χ0) is 15.5. The van der Waals surface area contributed by atoms with Crippen LogP contribution in [0.5, 0.6) is 0 Å². The van der Waals surface area contributed by atoms with Crippen molar-refractivity contribution in [3.8, 4) is 0 Å². The Bertz CT molecular complexity index is 599. The second-order valence-electron chi connectivity index (χ2n) is 8.03. The van der Waals surface area contributed by atoms with E-state index in [4.69, 9.17) is 0 Å². The minimum atomic E-state index is -0.699. The second-order valence-corrected chi connectivity index (χ2v) is 8.03. The maximum absolute atomic E-state index is 11.7. The Balaban J connectivity index is 1.69. The summed E-state index contributed by atoms with van der Waals surface area (Å²) in [5.74, 6) is 1.77. The zero-order valence-corrected chi connectivity index (χ0v) is 13.5. The summed E-state index contributed by atoms with van der Waals surface area (Å²) in [4.78, 5) is 11.7. The lowest BCUT2D eigenvalue weighted by molar-refractivity contribution is -0.124. The first-order chi connectivity index (χ1) is 10.5. The van der Waals surface area contributed by atoms with Gasteiger partial charge in [0.05, 0.1) is 5.60 Å². The third kappa shape index (κ3) is 1.73. The minimum absolute atomic E-state index is 0.204. The predicted octanol–water partition coefficient (Wildman–Crippen LogP) is 3.97. The quantitative estimate of drug-likeness (QED) is 0.795. The Morgan fingerprint density at radius 2 is 2.09 bits per heavy atom. The van der Waals surface area contributed by atoms with Gasteiger partial charge in [-0.25, -0.2) is 0 Å². The van der Waals surface area contributed by atoms with Gasteiger partial charge < -0.3 is 5.11 Å². The summed E-state index contributed by atoms with van der Waals surface area (Å²) in [6.45, 7) is 6.40. The van der Waals surface area contributed by atoms with Gasteiger partial charge in [0.2, 0.25) is 0 Å². The molecule has 0 bridgehead atoms. The van der Waals surface area contributed by atoms with E-state index in [0.717, 1.165) is 37.7 Å². The molecule has 0 aromatic carbocycles. The maximum Gasteiger partial charge on any atom is 0.155 e. The number of ketones is 1. The van der Waals surface area contributed by atoms with E-state index in [2.05, 4.69) is 19.6 Å². The van der Waals surface area contributed by atoms with Crippen LogP contribution in [0.15, 0.2) is 36.0 Å². The molecule has 0 aliphatic heterocycles. The molecule has 0 saturated heterocycles. The molecule has 0 amide bonds. The molecule has 5 atom stereocenters. The summed E-state index contributed by atoms with van der Waals surface area (Å²) in [6.07, 6.45) is 12.7. The average molecular weight is 298 g/mol. The first-order valence-corrected chi connectivity index (χ1v) is 8.78. The Labute approximate surface area is 133 Å². The van der Waals surface area contributed by atoms with Crippen molar-refractivity contribution in [1.29, 1.82) is 0 Å². The molecule has 2 fully saturated rings. The van der Waals surface area contributed by atoms with Crippen LogP contribution < -0.4 is 0 Å². The zero-order valence-electron chi connectivity index (χ0n) is 13.5. The fraction of sp³-hybridized carbons (Fsp3) is 0.650. The van der Waals surface area contributed by atoms with Gasteiger partial charge in [0.15, 0.2) is 5.78 Å². The van der Waals surface area contributed by atoms with E-state index in [9.17, 15) is 9.90 Å². The smallest absolute Gasteiger partial charge is 0.155 e. The second kappa shape index (κ2) is 4.67. The van der Waals surface area contributed by atoms with Gasteiger partial charge in [0, 0.05) is 6.42 Å². The van der Waals surface area contributed by atoms with Crippen molar-refractivity contribution in [2.24, 2.45) is 23.2 Å². The van der Waals surface area contributed by atoms with Crippen LogP contribution in [-0.2, 0) is 4.79 Å². The lowest BCUT2D eigenvalue weighted by atomic mass is 9.50. The van der Waals surface area contributed by atoms with Gasteiger partial charge in [0.1, 0.15) is 0 Å². The molecule has 22 heavy (non-hydrogen) atoms. The highest BCUT2D eigenvalue weighted by Gasteiger charge is 2.57. The summed E-state index contributed by atoms with van der Waals surface area (Å²) < 4.78 is 0. The molecule has 2 saturated carbocycles.